The van der Waals surface area contributed by atoms with Crippen molar-refractivity contribution < 1.29 is 14.6 Å². The highest BCUT2D eigenvalue weighted by atomic mass is 16.6. The van der Waals surface area contributed by atoms with Gasteiger partial charge in [0.05, 0.1) is 0 Å². The number of allylic oxidation sites excluding steroid dienone is 1. The van der Waals surface area contributed by atoms with E-state index in [0.29, 0.717) is 17.2 Å². The molecule has 1 heterocycles. The molecule has 0 bridgehead atoms. The minimum atomic E-state index is -1.79. The van der Waals surface area contributed by atoms with Crippen LogP contribution >= 0.6 is 0 Å². The zero-order valence-electron chi connectivity index (χ0n) is 8.72. The number of carbonyl (C=O) groups excluding carboxylic acids is 1. The van der Waals surface area contributed by atoms with Crippen LogP contribution in [0.5, 0.6) is 0 Å². The molecule has 1 aliphatic carbocycles. The number of benzene rings is 1. The summed E-state index contributed by atoms with van der Waals surface area (Å²) in [5.74, 6) is -1.20. The van der Waals surface area contributed by atoms with Crippen LogP contribution in [0.1, 0.15) is 18.4 Å². The van der Waals surface area contributed by atoms with Gasteiger partial charge in [0.15, 0.2) is 0 Å². The highest BCUT2D eigenvalue weighted by molar-refractivity contribution is 5.98. The number of ether oxygens (including phenoxy) is 1. The van der Waals surface area contributed by atoms with Crippen molar-refractivity contribution in [2.24, 2.45) is 5.92 Å². The number of aliphatic hydroxyl groups is 1. The van der Waals surface area contributed by atoms with Crippen molar-refractivity contribution >= 4 is 5.78 Å². The van der Waals surface area contributed by atoms with Gasteiger partial charge in [0.1, 0.15) is 5.76 Å². The van der Waals surface area contributed by atoms with Crippen LogP contribution in [0, 0.1) is 5.92 Å². The smallest absolute Gasteiger partial charge is 0.299 e. The second-order valence-electron chi connectivity index (χ2n) is 4.30. The van der Waals surface area contributed by atoms with Crippen molar-refractivity contribution in [1.82, 2.24) is 0 Å². The van der Waals surface area contributed by atoms with Crippen molar-refractivity contribution in [2.45, 2.75) is 18.6 Å². The summed E-state index contributed by atoms with van der Waals surface area (Å²) in [6, 6.07) is 8.78. The predicted octanol–water partition coefficient (Wildman–Crippen LogP) is 1.72. The molecule has 1 unspecified atom stereocenters. The van der Waals surface area contributed by atoms with Gasteiger partial charge in [0.2, 0.25) is 5.78 Å². The number of ketones is 1. The molecule has 3 nitrogen and oxygen atoms in total. The Bertz CT molecular complexity index is 459. The zero-order valence-corrected chi connectivity index (χ0v) is 8.72. The molecule has 0 saturated heterocycles. The summed E-state index contributed by atoms with van der Waals surface area (Å²) in [6.07, 6.45) is 3.53. The third kappa shape index (κ3) is 1.36. The van der Waals surface area contributed by atoms with Gasteiger partial charge in [-0.3, -0.25) is 4.79 Å². The van der Waals surface area contributed by atoms with Gasteiger partial charge < -0.3 is 9.84 Å². The molecule has 1 fully saturated rings. The van der Waals surface area contributed by atoms with E-state index in [2.05, 4.69) is 0 Å². The quantitative estimate of drug-likeness (QED) is 0.818. The molecule has 0 aromatic heterocycles. The van der Waals surface area contributed by atoms with Crippen molar-refractivity contribution in [3.05, 3.63) is 47.7 Å². The molecule has 2 aliphatic rings. The third-order valence-electron chi connectivity index (χ3n) is 3.02. The lowest BCUT2D eigenvalue weighted by Gasteiger charge is -2.22. The lowest BCUT2D eigenvalue weighted by Crippen LogP contribution is -2.33. The Morgan fingerprint density at radius 2 is 1.94 bits per heavy atom. The average molecular weight is 216 g/mol. The van der Waals surface area contributed by atoms with Gasteiger partial charge in [0, 0.05) is 17.6 Å². The minimum absolute atomic E-state index is 0.335. The lowest BCUT2D eigenvalue weighted by atomic mass is 10.0. The Morgan fingerprint density at radius 1 is 1.25 bits per heavy atom. The van der Waals surface area contributed by atoms with Gasteiger partial charge in [-0.05, 0) is 12.8 Å². The van der Waals surface area contributed by atoms with Gasteiger partial charge in [0.25, 0.3) is 5.79 Å². The molecule has 0 spiro atoms. The van der Waals surface area contributed by atoms with E-state index in [0.717, 1.165) is 12.8 Å². The first kappa shape index (κ1) is 9.60. The maximum Gasteiger partial charge on any atom is 0.299 e. The topological polar surface area (TPSA) is 46.5 Å². The fourth-order valence-electron chi connectivity index (χ4n) is 1.91. The molecule has 16 heavy (non-hydrogen) atoms. The molecule has 1 aliphatic heterocycles. The molecular weight excluding hydrogens is 204 g/mol. The summed E-state index contributed by atoms with van der Waals surface area (Å²) in [6.45, 7) is 0. The van der Waals surface area contributed by atoms with Gasteiger partial charge in [-0.2, -0.15) is 0 Å². The third-order valence-corrected chi connectivity index (χ3v) is 3.02. The first-order valence-corrected chi connectivity index (χ1v) is 5.43. The van der Waals surface area contributed by atoms with Gasteiger partial charge >= 0.3 is 0 Å². The van der Waals surface area contributed by atoms with Crippen LogP contribution in [0.2, 0.25) is 0 Å². The maximum atomic E-state index is 11.8. The largest absolute Gasteiger partial charge is 0.455 e. The van der Waals surface area contributed by atoms with Crippen LogP contribution in [0.25, 0.3) is 0 Å². The molecule has 1 aromatic carbocycles. The molecule has 1 aromatic rings. The highest BCUT2D eigenvalue weighted by Gasteiger charge is 2.47. The molecule has 1 N–H and O–H groups in total. The average Bonchev–Trinajstić information content (AvgIpc) is 3.09. The van der Waals surface area contributed by atoms with E-state index in [1.807, 2.05) is 6.07 Å². The monoisotopic (exact) mass is 216 g/mol. The summed E-state index contributed by atoms with van der Waals surface area (Å²) in [5.41, 5.74) is 0.493. The van der Waals surface area contributed by atoms with Crippen molar-refractivity contribution in [1.29, 1.82) is 0 Å². The van der Waals surface area contributed by atoms with Crippen LogP contribution in [0.15, 0.2) is 42.2 Å². The van der Waals surface area contributed by atoms with Crippen molar-refractivity contribution in [3.63, 3.8) is 0 Å². The normalized spacial score (nSPS) is 28.8. The Kier molecular flexibility index (Phi) is 1.91. The molecule has 1 atom stereocenters. The summed E-state index contributed by atoms with van der Waals surface area (Å²) in [5, 5.41) is 10.3. The lowest BCUT2D eigenvalue weighted by molar-refractivity contribution is -0.183. The Hall–Kier alpha value is -1.61. The Balaban J connectivity index is 1.93. The van der Waals surface area contributed by atoms with E-state index < -0.39 is 5.79 Å². The summed E-state index contributed by atoms with van der Waals surface area (Å²) < 4.78 is 5.44. The summed E-state index contributed by atoms with van der Waals surface area (Å²) in [7, 11) is 0. The number of rotatable bonds is 2. The Labute approximate surface area is 93.4 Å². The number of hydrogen-bond acceptors (Lipinski definition) is 3. The van der Waals surface area contributed by atoms with E-state index in [1.165, 1.54) is 6.08 Å². The molecule has 3 heteroatoms. The van der Waals surface area contributed by atoms with E-state index in [4.69, 9.17) is 4.74 Å². The van der Waals surface area contributed by atoms with Gasteiger partial charge in [-0.15, -0.1) is 0 Å². The minimum Gasteiger partial charge on any atom is -0.455 e. The van der Waals surface area contributed by atoms with E-state index in [-0.39, 0.29) is 5.78 Å². The van der Waals surface area contributed by atoms with Crippen LogP contribution < -0.4 is 0 Å². The van der Waals surface area contributed by atoms with Gasteiger partial charge in [-0.1, -0.05) is 30.3 Å². The Morgan fingerprint density at radius 3 is 2.56 bits per heavy atom. The molecule has 0 amide bonds. The SMILES string of the molecule is O=C1C=C(C2CC2)OC1(O)c1ccccc1. The van der Waals surface area contributed by atoms with Crippen LogP contribution in [-0.2, 0) is 15.3 Å². The fraction of sp³-hybridized carbons (Fsp3) is 0.308. The number of carbonyl (C=O) groups is 1. The van der Waals surface area contributed by atoms with E-state index in [9.17, 15) is 9.90 Å². The fourth-order valence-corrected chi connectivity index (χ4v) is 1.91. The molecule has 82 valence electrons. The first-order valence-electron chi connectivity index (χ1n) is 5.43. The van der Waals surface area contributed by atoms with Gasteiger partial charge in [-0.25, -0.2) is 0 Å². The van der Waals surface area contributed by atoms with Crippen molar-refractivity contribution in [3.8, 4) is 0 Å². The molecular formula is C13H12O3. The maximum absolute atomic E-state index is 11.8. The predicted molar refractivity (Wildman–Crippen MR) is 57.2 cm³/mol. The first-order chi connectivity index (χ1) is 7.70. The van der Waals surface area contributed by atoms with E-state index >= 15 is 0 Å². The standard InChI is InChI=1S/C13H12O3/c14-12-8-11(9-6-7-9)16-13(12,15)10-4-2-1-3-5-10/h1-5,8-9,15H,6-7H2. The second-order valence-corrected chi connectivity index (χ2v) is 4.30. The van der Waals surface area contributed by atoms with E-state index in [1.54, 1.807) is 24.3 Å². The molecule has 0 radical (unpaired) electrons. The zero-order chi connectivity index (χ0) is 11.2. The highest BCUT2D eigenvalue weighted by Crippen LogP contribution is 2.44. The summed E-state index contributed by atoms with van der Waals surface area (Å²) >= 11 is 0. The molecule has 3 rings (SSSR count). The van der Waals surface area contributed by atoms with Crippen LogP contribution in [0.4, 0.5) is 0 Å². The van der Waals surface area contributed by atoms with Crippen molar-refractivity contribution in [2.75, 3.05) is 0 Å². The summed E-state index contributed by atoms with van der Waals surface area (Å²) in [4.78, 5) is 11.8. The van der Waals surface area contributed by atoms with Crippen LogP contribution in [0.3, 0.4) is 0 Å². The second kappa shape index (κ2) is 3.19. The van der Waals surface area contributed by atoms with Crippen LogP contribution in [-0.4, -0.2) is 10.9 Å². The number of hydrogen-bond donors (Lipinski definition) is 1. The molecule has 1 saturated carbocycles.